The van der Waals surface area contributed by atoms with E-state index in [-0.39, 0.29) is 0 Å². The lowest BCUT2D eigenvalue weighted by Gasteiger charge is -2.15. The van der Waals surface area contributed by atoms with Gasteiger partial charge in [0.15, 0.2) is 0 Å². The smallest absolute Gasteiger partial charge is 0.0423 e. The van der Waals surface area contributed by atoms with Gasteiger partial charge in [-0.25, -0.2) is 0 Å². The van der Waals surface area contributed by atoms with Crippen LogP contribution in [0.5, 0.6) is 0 Å². The highest BCUT2D eigenvalue weighted by molar-refractivity contribution is 6.34. The lowest BCUT2D eigenvalue weighted by molar-refractivity contribution is 0.530. The molecule has 1 aromatic carbocycles. The van der Waals surface area contributed by atoms with E-state index >= 15 is 0 Å². The molecule has 0 aliphatic heterocycles. The van der Waals surface area contributed by atoms with E-state index in [1.807, 2.05) is 12.1 Å². The van der Waals surface area contributed by atoms with E-state index in [0.29, 0.717) is 22.0 Å². The largest absolute Gasteiger partial charge is 0.328 e. The minimum Gasteiger partial charge on any atom is -0.328 e. The number of rotatable bonds is 5. The zero-order valence-electron chi connectivity index (χ0n) is 9.84. The van der Waals surface area contributed by atoms with Crippen molar-refractivity contribution in [2.45, 2.75) is 45.1 Å². The van der Waals surface area contributed by atoms with Crippen molar-refractivity contribution in [2.75, 3.05) is 0 Å². The second kappa shape index (κ2) is 6.48. The molecule has 0 aromatic heterocycles. The second-order valence-electron chi connectivity index (χ2n) is 4.35. The van der Waals surface area contributed by atoms with Crippen LogP contribution in [-0.4, -0.2) is 6.04 Å². The van der Waals surface area contributed by atoms with Gasteiger partial charge in [-0.3, -0.25) is 0 Å². The van der Waals surface area contributed by atoms with Crippen molar-refractivity contribution in [2.24, 2.45) is 5.73 Å². The number of nitrogens with two attached hydrogens (primary N) is 1. The third kappa shape index (κ3) is 4.32. The quantitative estimate of drug-likeness (QED) is 0.821. The van der Waals surface area contributed by atoms with Crippen LogP contribution in [0.2, 0.25) is 10.0 Å². The molecule has 1 rings (SSSR count). The van der Waals surface area contributed by atoms with E-state index in [9.17, 15) is 0 Å². The summed E-state index contributed by atoms with van der Waals surface area (Å²) in [5.74, 6) is 0.453. The van der Waals surface area contributed by atoms with E-state index in [2.05, 4.69) is 13.8 Å². The zero-order chi connectivity index (χ0) is 12.1. The van der Waals surface area contributed by atoms with Gasteiger partial charge >= 0.3 is 0 Å². The first-order valence-electron chi connectivity index (χ1n) is 5.74. The molecule has 0 saturated heterocycles. The van der Waals surface area contributed by atoms with E-state index in [1.54, 1.807) is 6.07 Å². The highest BCUT2D eigenvalue weighted by Gasteiger charge is 2.09. The molecule has 3 heteroatoms. The molecule has 0 radical (unpaired) electrons. The van der Waals surface area contributed by atoms with Crippen molar-refractivity contribution in [3.05, 3.63) is 33.8 Å². The molecule has 0 spiro atoms. The van der Waals surface area contributed by atoms with Crippen molar-refractivity contribution in [1.82, 2.24) is 0 Å². The van der Waals surface area contributed by atoms with Crippen LogP contribution >= 0.6 is 23.2 Å². The van der Waals surface area contributed by atoms with E-state index < -0.39 is 0 Å². The second-order valence-corrected chi connectivity index (χ2v) is 5.22. The van der Waals surface area contributed by atoms with Gasteiger partial charge in [0.25, 0.3) is 0 Å². The molecule has 0 heterocycles. The Hall–Kier alpha value is -0.240. The average molecular weight is 260 g/mol. The number of halogens is 2. The van der Waals surface area contributed by atoms with Crippen LogP contribution in [0.15, 0.2) is 18.2 Å². The van der Waals surface area contributed by atoms with Gasteiger partial charge in [0.05, 0.1) is 0 Å². The number of benzene rings is 1. The van der Waals surface area contributed by atoms with Gasteiger partial charge in [0, 0.05) is 16.1 Å². The third-order valence-corrected chi connectivity index (χ3v) is 3.39. The summed E-state index contributed by atoms with van der Waals surface area (Å²) in [5.41, 5.74) is 7.10. The minimum atomic E-state index is 0.303. The van der Waals surface area contributed by atoms with Gasteiger partial charge in [0.2, 0.25) is 0 Å². The molecule has 16 heavy (non-hydrogen) atoms. The van der Waals surface area contributed by atoms with Gasteiger partial charge < -0.3 is 5.73 Å². The topological polar surface area (TPSA) is 26.0 Å². The summed E-state index contributed by atoms with van der Waals surface area (Å²) in [6.07, 6.45) is 3.15. The average Bonchev–Trinajstić information content (AvgIpc) is 2.23. The van der Waals surface area contributed by atoms with Crippen molar-refractivity contribution in [3.63, 3.8) is 0 Å². The number of hydrogen-bond donors (Lipinski definition) is 1. The summed E-state index contributed by atoms with van der Waals surface area (Å²) >= 11 is 12.0. The molecule has 2 unspecified atom stereocenters. The molecule has 90 valence electrons. The molecule has 0 aliphatic carbocycles. The fourth-order valence-electron chi connectivity index (χ4n) is 1.69. The molecule has 1 nitrogen and oxygen atoms in total. The monoisotopic (exact) mass is 259 g/mol. The molecule has 0 bridgehead atoms. The molecule has 0 fully saturated rings. The highest BCUT2D eigenvalue weighted by atomic mass is 35.5. The Bertz CT molecular complexity index is 318. The molecule has 2 N–H and O–H groups in total. The molecule has 0 aliphatic rings. The summed E-state index contributed by atoms with van der Waals surface area (Å²) in [5, 5.41) is 1.41. The fraction of sp³-hybridized carbons (Fsp3) is 0.538. The van der Waals surface area contributed by atoms with Gasteiger partial charge in [-0.1, -0.05) is 37.0 Å². The standard InChI is InChI=1S/C13H19Cl2N/c1-3-13(16)5-4-9(2)10-6-11(14)8-12(15)7-10/h6-9,13H,3-5,16H2,1-2H3. The Kier molecular flexibility index (Phi) is 5.60. The fourth-order valence-corrected chi connectivity index (χ4v) is 2.24. The maximum absolute atomic E-state index is 5.98. The van der Waals surface area contributed by atoms with Crippen molar-refractivity contribution < 1.29 is 0 Å². The Balaban J connectivity index is 2.62. The summed E-state index contributed by atoms with van der Waals surface area (Å²) < 4.78 is 0. The first-order chi connectivity index (χ1) is 7.52. The maximum atomic E-state index is 5.98. The first-order valence-corrected chi connectivity index (χ1v) is 6.50. The molecule has 2 atom stereocenters. The van der Waals surface area contributed by atoms with Crippen LogP contribution < -0.4 is 5.73 Å². The Morgan fingerprint density at radius 3 is 2.19 bits per heavy atom. The van der Waals surface area contributed by atoms with E-state index in [1.165, 1.54) is 5.56 Å². The van der Waals surface area contributed by atoms with Crippen molar-refractivity contribution >= 4 is 23.2 Å². The Morgan fingerprint density at radius 1 is 1.12 bits per heavy atom. The van der Waals surface area contributed by atoms with Crippen LogP contribution in [0.25, 0.3) is 0 Å². The summed E-state index contributed by atoms with van der Waals surface area (Å²) in [6.45, 7) is 4.30. The van der Waals surface area contributed by atoms with Gasteiger partial charge in [-0.15, -0.1) is 0 Å². The van der Waals surface area contributed by atoms with Crippen LogP contribution in [0.1, 0.15) is 44.6 Å². The maximum Gasteiger partial charge on any atom is 0.0423 e. The van der Waals surface area contributed by atoms with E-state index in [4.69, 9.17) is 28.9 Å². The molecule has 0 saturated carbocycles. The SMILES string of the molecule is CCC(N)CCC(C)c1cc(Cl)cc(Cl)c1. The van der Waals surface area contributed by atoms with Crippen LogP contribution in [0.4, 0.5) is 0 Å². The Labute approximate surface area is 108 Å². The normalized spacial score (nSPS) is 14.8. The van der Waals surface area contributed by atoms with Crippen LogP contribution in [0, 0.1) is 0 Å². The lowest BCUT2D eigenvalue weighted by atomic mass is 9.94. The molecular weight excluding hydrogens is 241 g/mol. The third-order valence-electron chi connectivity index (χ3n) is 2.95. The zero-order valence-corrected chi connectivity index (χ0v) is 11.4. The number of hydrogen-bond acceptors (Lipinski definition) is 1. The first kappa shape index (κ1) is 13.8. The van der Waals surface area contributed by atoms with Crippen molar-refractivity contribution in [1.29, 1.82) is 0 Å². The van der Waals surface area contributed by atoms with Gasteiger partial charge in [0.1, 0.15) is 0 Å². The predicted octanol–water partition coefficient (Wildman–Crippen LogP) is 4.61. The van der Waals surface area contributed by atoms with E-state index in [0.717, 1.165) is 19.3 Å². The van der Waals surface area contributed by atoms with Crippen molar-refractivity contribution in [3.8, 4) is 0 Å². The van der Waals surface area contributed by atoms with Gasteiger partial charge in [-0.05, 0) is 48.9 Å². The molecular formula is C13H19Cl2N. The van der Waals surface area contributed by atoms with Gasteiger partial charge in [-0.2, -0.15) is 0 Å². The summed E-state index contributed by atoms with van der Waals surface area (Å²) in [7, 11) is 0. The summed E-state index contributed by atoms with van der Waals surface area (Å²) in [6, 6.07) is 6.03. The summed E-state index contributed by atoms with van der Waals surface area (Å²) in [4.78, 5) is 0. The molecule has 0 amide bonds. The Morgan fingerprint density at radius 2 is 1.69 bits per heavy atom. The van der Waals surface area contributed by atoms with Crippen LogP contribution in [-0.2, 0) is 0 Å². The van der Waals surface area contributed by atoms with Crippen LogP contribution in [0.3, 0.4) is 0 Å². The minimum absolute atomic E-state index is 0.303. The predicted molar refractivity (Wildman–Crippen MR) is 72.4 cm³/mol. The molecule has 1 aromatic rings. The lowest BCUT2D eigenvalue weighted by Crippen LogP contribution is -2.18. The highest BCUT2D eigenvalue weighted by Crippen LogP contribution is 2.27.